The molecule has 4 aromatic rings. The van der Waals surface area contributed by atoms with Crippen molar-refractivity contribution in [1.82, 2.24) is 24.7 Å². The lowest BCUT2D eigenvalue weighted by Gasteiger charge is -2.38. The van der Waals surface area contributed by atoms with Crippen molar-refractivity contribution in [1.29, 1.82) is 0 Å². The number of alkyl carbamates (subject to hydrolysis) is 1. The Morgan fingerprint density at radius 1 is 1.03 bits per heavy atom. The van der Waals surface area contributed by atoms with Gasteiger partial charge in [0, 0.05) is 48.3 Å². The van der Waals surface area contributed by atoms with Gasteiger partial charge in [0.25, 0.3) is 17.4 Å². The molecule has 5 amide bonds. The Morgan fingerprint density at radius 2 is 1.75 bits per heavy atom. The number of likely N-dealkylation sites (N-methyl/N-ethyl adjacent to an activating group) is 1. The van der Waals surface area contributed by atoms with Gasteiger partial charge in [-0.05, 0) is 66.6 Å². The summed E-state index contributed by atoms with van der Waals surface area (Å²) in [6.07, 6.45) is -8.62. The van der Waals surface area contributed by atoms with Gasteiger partial charge in [0.15, 0.2) is 11.7 Å². The van der Waals surface area contributed by atoms with Crippen LogP contribution in [0.1, 0.15) is 64.8 Å². The largest absolute Gasteiger partial charge is 0.479 e. The maximum atomic E-state index is 15.5. The number of aliphatic hydroxyl groups excluding tert-OH is 3. The van der Waals surface area contributed by atoms with Crippen LogP contribution < -0.4 is 26.7 Å². The molecule has 8 atom stereocenters. The zero-order chi connectivity index (χ0) is 52.5. The third-order valence-electron chi connectivity index (χ3n) is 13.8. The fraction of sp³-hybridized carbons (Fsp3) is 0.396. The van der Waals surface area contributed by atoms with Gasteiger partial charge < -0.3 is 70.3 Å². The van der Waals surface area contributed by atoms with Gasteiger partial charge in [0.05, 0.1) is 47.3 Å². The number of hydrogen-bond acceptors (Lipinski definition) is 18. The predicted molar refractivity (Wildman–Crippen MR) is 245 cm³/mol. The number of halogens is 1. The molecule has 0 saturated carbocycles. The van der Waals surface area contributed by atoms with Crippen LogP contribution in [0.3, 0.4) is 0 Å². The Balaban J connectivity index is 0.981. The van der Waals surface area contributed by atoms with E-state index in [1.54, 1.807) is 13.8 Å². The number of carboxylic acid groups (broad SMARTS) is 1. The van der Waals surface area contributed by atoms with E-state index in [2.05, 4.69) is 10.6 Å². The lowest BCUT2D eigenvalue weighted by Crippen LogP contribution is -2.61. The van der Waals surface area contributed by atoms with Crippen LogP contribution in [0, 0.1) is 12.7 Å². The molecular weight excluding hydrogens is 966 g/mol. The number of benzene rings is 2. The standard InChI is InChI=1S/C48H48FN7O17/c1-4-48(69)24-12-29-37-22(15-55(29)42(63)23(24)18-70-46(48)67)36-26(7-6-21-19(2)25(49)13-28(52-37)35(21)36)53-47(68)71-17-20-5-8-31(72-45-40(62)38(60)39(61)41(73-45)44(65)66)27(11-20)51-32(57)16-54(3)43(64)30(14-50)56-33(58)9-10-34(56)59/h5,8-13,26,30,38-41,45,60-62,69H,4,6-7,14-18,50H2,1-3H3,(H,51,57)(H,53,68)(H,65,66)/t26-,30-,38-,39-,40?,41?,45+,48-/m0/s1. The number of nitrogens with zero attached hydrogens (tertiary/aromatic N) is 4. The van der Waals surface area contributed by atoms with Crippen molar-refractivity contribution in [3.05, 3.63) is 97.6 Å². The molecule has 25 heteroatoms. The number of hydrogen-bond donors (Lipinski definition) is 8. The molecule has 5 aliphatic rings. The first-order chi connectivity index (χ1) is 34.7. The molecule has 1 fully saturated rings. The minimum atomic E-state index is -2.10. The van der Waals surface area contributed by atoms with Crippen molar-refractivity contribution in [2.24, 2.45) is 5.73 Å². The smallest absolute Gasteiger partial charge is 0.407 e. The molecule has 9 rings (SSSR count). The summed E-state index contributed by atoms with van der Waals surface area (Å²) < 4.78 is 38.8. The van der Waals surface area contributed by atoms with E-state index in [4.69, 9.17) is 29.7 Å². The lowest BCUT2D eigenvalue weighted by molar-refractivity contribution is -0.271. The third kappa shape index (κ3) is 8.61. The van der Waals surface area contributed by atoms with Gasteiger partial charge in [-0.3, -0.25) is 28.9 Å². The van der Waals surface area contributed by atoms with E-state index in [9.17, 15) is 63.9 Å². The second kappa shape index (κ2) is 19.1. The van der Waals surface area contributed by atoms with Crippen LogP contribution in [-0.2, 0) is 74.8 Å². The van der Waals surface area contributed by atoms with E-state index in [0.717, 1.165) is 17.1 Å². The maximum Gasteiger partial charge on any atom is 0.407 e. The minimum Gasteiger partial charge on any atom is -0.479 e. The summed E-state index contributed by atoms with van der Waals surface area (Å²) in [6.45, 7) is 1.18. The Labute approximate surface area is 411 Å². The SMILES string of the molecule is CC[C@@]1(O)C(=O)OCc2c1cc1n(c2=O)Cc2c-1nc1cc(F)c(C)c3c1c2[C@@H](NC(=O)OCc1ccc(O[C@@H]2OC(C(=O)O)[C@@H](O)[C@H](O)C2O)c(NC(=O)CN(C)C(=O)[C@H](CN)N2C(=O)C=CC2=O)c1)CC3. The van der Waals surface area contributed by atoms with Gasteiger partial charge in [-0.25, -0.2) is 23.8 Å². The van der Waals surface area contributed by atoms with Gasteiger partial charge in [0.1, 0.15) is 49.1 Å². The summed E-state index contributed by atoms with van der Waals surface area (Å²) in [7, 11) is 1.21. The fourth-order valence-corrected chi connectivity index (χ4v) is 9.95. The van der Waals surface area contributed by atoms with E-state index in [1.165, 1.54) is 41.9 Å². The molecule has 24 nitrogen and oxygen atoms in total. The zero-order valence-corrected chi connectivity index (χ0v) is 39.1. The van der Waals surface area contributed by atoms with Crippen LogP contribution in [-0.4, -0.2) is 143 Å². The molecule has 73 heavy (non-hydrogen) atoms. The van der Waals surface area contributed by atoms with Crippen molar-refractivity contribution in [2.75, 3.05) is 25.5 Å². The van der Waals surface area contributed by atoms with Crippen molar-refractivity contribution < 1.29 is 82.4 Å². The number of aryl methyl sites for hydroxylation is 1. The Morgan fingerprint density at radius 3 is 2.44 bits per heavy atom. The fourth-order valence-electron chi connectivity index (χ4n) is 9.95. The predicted octanol–water partition coefficient (Wildman–Crippen LogP) is -0.639. The second-order valence-corrected chi connectivity index (χ2v) is 18.2. The van der Waals surface area contributed by atoms with Gasteiger partial charge in [-0.1, -0.05) is 13.0 Å². The van der Waals surface area contributed by atoms with Gasteiger partial charge in [-0.15, -0.1) is 0 Å². The number of aliphatic hydroxyl groups is 4. The van der Waals surface area contributed by atoms with Crippen LogP contribution in [0.2, 0.25) is 0 Å². The van der Waals surface area contributed by atoms with Crippen LogP contribution in [0.5, 0.6) is 5.75 Å². The van der Waals surface area contributed by atoms with E-state index in [0.29, 0.717) is 39.0 Å². The number of carbonyl (C=O) groups excluding carboxylic acids is 6. The molecule has 0 radical (unpaired) electrons. The number of carboxylic acids is 1. The molecule has 2 aromatic carbocycles. The number of rotatable bonds is 13. The van der Waals surface area contributed by atoms with Crippen LogP contribution in [0.4, 0.5) is 14.9 Å². The van der Waals surface area contributed by atoms with Crippen molar-refractivity contribution in [3.63, 3.8) is 0 Å². The van der Waals surface area contributed by atoms with Crippen LogP contribution in [0.25, 0.3) is 22.3 Å². The highest BCUT2D eigenvalue weighted by atomic mass is 19.1. The number of anilines is 1. The number of amides is 5. The number of cyclic esters (lactones) is 1. The maximum absolute atomic E-state index is 15.5. The number of nitrogens with one attached hydrogen (secondary N) is 2. The Bertz CT molecular complexity index is 3140. The summed E-state index contributed by atoms with van der Waals surface area (Å²) >= 11 is 0. The van der Waals surface area contributed by atoms with E-state index < -0.39 is 121 Å². The number of carbonyl (C=O) groups is 7. The summed E-state index contributed by atoms with van der Waals surface area (Å²) in [5.74, 6) is -6.74. The molecule has 6 heterocycles. The number of nitrogens with two attached hydrogens (primary N) is 1. The average Bonchev–Trinajstić information content (AvgIpc) is 3.90. The van der Waals surface area contributed by atoms with Crippen molar-refractivity contribution in [2.45, 2.75) is 101 Å². The van der Waals surface area contributed by atoms with Gasteiger partial charge in [-0.2, -0.15) is 0 Å². The molecule has 9 N–H and O–H groups in total. The monoisotopic (exact) mass is 1010 g/mol. The highest BCUT2D eigenvalue weighted by Crippen LogP contribution is 2.46. The number of aromatic nitrogens is 2. The first-order valence-corrected chi connectivity index (χ1v) is 22.9. The quantitative estimate of drug-likeness (QED) is 0.0537. The molecule has 1 saturated heterocycles. The first-order valence-electron chi connectivity index (χ1n) is 22.9. The highest BCUT2D eigenvalue weighted by molar-refractivity contribution is 6.15. The van der Waals surface area contributed by atoms with Crippen molar-refractivity contribution in [3.8, 4) is 17.1 Å². The van der Waals surface area contributed by atoms with Crippen molar-refractivity contribution >= 4 is 58.3 Å². The number of pyridine rings is 2. The van der Waals surface area contributed by atoms with E-state index in [-0.39, 0.29) is 71.0 Å². The Kier molecular flexibility index (Phi) is 13.1. The normalized spacial score (nSPS) is 24.1. The van der Waals surface area contributed by atoms with E-state index >= 15 is 4.39 Å². The number of ether oxygens (including phenoxy) is 4. The van der Waals surface area contributed by atoms with Crippen LogP contribution in [0.15, 0.2) is 47.3 Å². The number of imide groups is 1. The molecular formula is C48H48FN7O17. The minimum absolute atomic E-state index is 0.0220. The number of esters is 1. The molecule has 2 aromatic heterocycles. The summed E-state index contributed by atoms with van der Waals surface area (Å²) in [4.78, 5) is 110. The molecule has 1 aliphatic carbocycles. The van der Waals surface area contributed by atoms with Gasteiger partial charge >= 0.3 is 18.0 Å². The number of aliphatic carboxylic acids is 1. The van der Waals surface area contributed by atoms with Crippen LogP contribution >= 0.6 is 0 Å². The average molecular weight is 1010 g/mol. The topological polar surface area (TPSA) is 349 Å². The first kappa shape index (κ1) is 50.3. The van der Waals surface area contributed by atoms with E-state index in [1.807, 2.05) is 0 Å². The van der Waals surface area contributed by atoms with Gasteiger partial charge in [0.2, 0.25) is 18.1 Å². The molecule has 384 valence electrons. The zero-order valence-electron chi connectivity index (χ0n) is 39.1. The molecule has 0 spiro atoms. The number of fused-ring (bicyclic) bond motifs is 5. The molecule has 0 bridgehead atoms. The summed E-state index contributed by atoms with van der Waals surface area (Å²) in [6, 6.07) is 4.42. The molecule has 2 unspecified atom stereocenters. The Hall–Kier alpha value is -7.68. The third-order valence-corrected chi connectivity index (χ3v) is 13.8. The summed E-state index contributed by atoms with van der Waals surface area (Å²) in [5, 5.41) is 58.3. The molecule has 4 aliphatic heterocycles. The summed E-state index contributed by atoms with van der Waals surface area (Å²) in [5.41, 5.74) is 6.22. The second-order valence-electron chi connectivity index (χ2n) is 18.2. The lowest BCUT2D eigenvalue weighted by atomic mass is 9.81. The highest BCUT2D eigenvalue weighted by Gasteiger charge is 2.49.